The van der Waals surface area contributed by atoms with Gasteiger partial charge < -0.3 is 10.6 Å². The van der Waals surface area contributed by atoms with Gasteiger partial charge in [0, 0.05) is 37.7 Å². The smallest absolute Gasteiger partial charge is 0.253 e. The van der Waals surface area contributed by atoms with E-state index in [0.717, 1.165) is 24.6 Å². The summed E-state index contributed by atoms with van der Waals surface area (Å²) in [6.07, 6.45) is 3.95. The van der Waals surface area contributed by atoms with Crippen LogP contribution in [0.2, 0.25) is 0 Å². The molecule has 2 aliphatic heterocycles. The van der Waals surface area contributed by atoms with E-state index in [-0.39, 0.29) is 17.7 Å². The van der Waals surface area contributed by atoms with E-state index in [1.807, 2.05) is 17.0 Å². The van der Waals surface area contributed by atoms with Crippen LogP contribution in [0.4, 0.5) is 0 Å². The normalized spacial score (nSPS) is 22.8. The number of carbonyl (C=O) groups is 2. The Bertz CT molecular complexity index is 606. The maximum Gasteiger partial charge on any atom is 0.253 e. The summed E-state index contributed by atoms with van der Waals surface area (Å²) in [7, 11) is 0. The summed E-state index contributed by atoms with van der Waals surface area (Å²) in [5.41, 5.74) is 7.35. The Morgan fingerprint density at radius 1 is 1.08 bits per heavy atom. The first kappa shape index (κ1) is 17.9. The second kappa shape index (κ2) is 8.00. The molecule has 0 aromatic heterocycles. The molecule has 2 amide bonds. The zero-order valence-corrected chi connectivity index (χ0v) is 15.1. The van der Waals surface area contributed by atoms with E-state index < -0.39 is 0 Å². The van der Waals surface area contributed by atoms with Crippen molar-refractivity contribution in [2.24, 2.45) is 17.6 Å². The van der Waals surface area contributed by atoms with Crippen molar-refractivity contribution < 1.29 is 9.59 Å². The molecule has 5 heteroatoms. The number of hydrogen-bond acceptors (Lipinski definition) is 3. The molecule has 5 nitrogen and oxygen atoms in total. The van der Waals surface area contributed by atoms with Crippen LogP contribution in [0.25, 0.3) is 0 Å². The number of hydrogen-bond donors (Lipinski definition) is 1. The van der Waals surface area contributed by atoms with Gasteiger partial charge in [-0.1, -0.05) is 19.1 Å². The topological polar surface area (TPSA) is 66.6 Å². The van der Waals surface area contributed by atoms with Gasteiger partial charge in [0.15, 0.2) is 0 Å². The van der Waals surface area contributed by atoms with Gasteiger partial charge >= 0.3 is 0 Å². The highest BCUT2D eigenvalue weighted by atomic mass is 16.2. The fraction of sp³-hybridized carbons (Fsp3) is 0.600. The largest absolute Gasteiger partial charge is 0.369 e. The molecule has 2 heterocycles. The first-order chi connectivity index (χ1) is 12.0. The molecule has 25 heavy (non-hydrogen) atoms. The maximum atomic E-state index is 12.6. The van der Waals surface area contributed by atoms with Crippen LogP contribution >= 0.6 is 0 Å². The molecule has 2 saturated heterocycles. The first-order valence-electron chi connectivity index (χ1n) is 9.43. The van der Waals surface area contributed by atoms with E-state index in [2.05, 4.69) is 24.0 Å². The molecule has 1 atom stereocenters. The van der Waals surface area contributed by atoms with Gasteiger partial charge in [0.25, 0.3) is 5.91 Å². The number of piperidine rings is 2. The highest BCUT2D eigenvalue weighted by Gasteiger charge is 2.26. The summed E-state index contributed by atoms with van der Waals surface area (Å²) in [6, 6.07) is 8.02. The Morgan fingerprint density at radius 3 is 2.36 bits per heavy atom. The van der Waals surface area contributed by atoms with Crippen LogP contribution in [0.5, 0.6) is 0 Å². The van der Waals surface area contributed by atoms with Crippen LogP contribution in [0, 0.1) is 11.8 Å². The lowest BCUT2D eigenvalue weighted by Gasteiger charge is -2.31. The van der Waals surface area contributed by atoms with Gasteiger partial charge in [-0.3, -0.25) is 14.5 Å². The Kier molecular flexibility index (Phi) is 5.74. The summed E-state index contributed by atoms with van der Waals surface area (Å²) >= 11 is 0. The Morgan fingerprint density at radius 2 is 1.76 bits per heavy atom. The molecule has 0 saturated carbocycles. The number of nitrogens with two attached hydrogens (primary N) is 1. The van der Waals surface area contributed by atoms with Crippen molar-refractivity contribution in [2.45, 2.75) is 39.2 Å². The third kappa shape index (κ3) is 4.60. The molecule has 2 N–H and O–H groups in total. The first-order valence-corrected chi connectivity index (χ1v) is 9.43. The number of primary amides is 1. The van der Waals surface area contributed by atoms with Gasteiger partial charge in [-0.2, -0.15) is 0 Å². The van der Waals surface area contributed by atoms with E-state index in [4.69, 9.17) is 5.73 Å². The Labute approximate surface area is 150 Å². The van der Waals surface area contributed by atoms with Crippen LogP contribution in [0.1, 0.15) is 48.5 Å². The third-order valence-electron chi connectivity index (χ3n) is 5.53. The van der Waals surface area contributed by atoms with Crippen LogP contribution in [0.3, 0.4) is 0 Å². The molecular weight excluding hydrogens is 314 g/mol. The van der Waals surface area contributed by atoms with Crippen molar-refractivity contribution in [3.8, 4) is 0 Å². The highest BCUT2D eigenvalue weighted by molar-refractivity contribution is 5.94. The molecular formula is C20H29N3O2. The third-order valence-corrected chi connectivity index (χ3v) is 5.53. The van der Waals surface area contributed by atoms with Gasteiger partial charge in [0.2, 0.25) is 5.91 Å². The lowest BCUT2D eigenvalue weighted by atomic mass is 9.95. The van der Waals surface area contributed by atoms with E-state index >= 15 is 0 Å². The molecule has 2 fully saturated rings. The number of benzene rings is 1. The van der Waals surface area contributed by atoms with Crippen molar-refractivity contribution in [1.29, 1.82) is 0 Å². The van der Waals surface area contributed by atoms with Crippen LogP contribution < -0.4 is 5.73 Å². The maximum absolute atomic E-state index is 12.6. The molecule has 0 bridgehead atoms. The molecule has 0 unspecified atom stereocenters. The lowest BCUT2D eigenvalue weighted by molar-refractivity contribution is -0.123. The average molecular weight is 343 g/mol. The second-order valence-electron chi connectivity index (χ2n) is 7.65. The second-order valence-corrected chi connectivity index (χ2v) is 7.65. The number of nitrogens with zero attached hydrogens (tertiary/aromatic N) is 2. The zero-order chi connectivity index (χ0) is 17.8. The summed E-state index contributed by atoms with van der Waals surface area (Å²) in [5, 5.41) is 0. The number of carbonyl (C=O) groups excluding carboxylic acids is 2. The zero-order valence-electron chi connectivity index (χ0n) is 15.1. The van der Waals surface area contributed by atoms with E-state index in [1.54, 1.807) is 0 Å². The van der Waals surface area contributed by atoms with Crippen LogP contribution in [0.15, 0.2) is 24.3 Å². The number of rotatable bonds is 4. The quantitative estimate of drug-likeness (QED) is 0.912. The summed E-state index contributed by atoms with van der Waals surface area (Å²) in [6.45, 7) is 6.83. The van der Waals surface area contributed by atoms with Crippen LogP contribution in [-0.4, -0.2) is 47.8 Å². The Hall–Kier alpha value is -1.88. The highest BCUT2D eigenvalue weighted by Crippen LogP contribution is 2.20. The SMILES string of the molecule is C[C@@H]1CCCN(Cc2ccc(C(=O)N3CCC(C(N)=O)CC3)cc2)C1. The van der Waals surface area contributed by atoms with Crippen LogP contribution in [-0.2, 0) is 11.3 Å². The lowest BCUT2D eigenvalue weighted by Crippen LogP contribution is -2.41. The molecule has 0 aliphatic carbocycles. The van der Waals surface area contributed by atoms with Gasteiger partial charge in [0.1, 0.15) is 0 Å². The molecule has 1 aromatic rings. The summed E-state index contributed by atoms with van der Waals surface area (Å²) < 4.78 is 0. The minimum atomic E-state index is -0.247. The fourth-order valence-electron chi connectivity index (χ4n) is 3.99. The number of amides is 2. The van der Waals surface area contributed by atoms with Gasteiger partial charge in [0.05, 0.1) is 0 Å². The fourth-order valence-corrected chi connectivity index (χ4v) is 3.99. The molecule has 2 aliphatic rings. The minimum absolute atomic E-state index is 0.0565. The predicted octanol–water partition coefficient (Wildman–Crippen LogP) is 2.26. The summed E-state index contributed by atoms with van der Waals surface area (Å²) in [4.78, 5) is 28.2. The minimum Gasteiger partial charge on any atom is -0.369 e. The van der Waals surface area contributed by atoms with Gasteiger partial charge in [-0.05, 0) is 55.8 Å². The van der Waals surface area contributed by atoms with E-state index in [0.29, 0.717) is 25.9 Å². The summed E-state index contributed by atoms with van der Waals surface area (Å²) in [5.74, 6) is 0.501. The monoisotopic (exact) mass is 343 g/mol. The predicted molar refractivity (Wildman–Crippen MR) is 97.9 cm³/mol. The molecule has 136 valence electrons. The molecule has 0 spiro atoms. The number of likely N-dealkylation sites (tertiary alicyclic amines) is 2. The van der Waals surface area contributed by atoms with E-state index in [9.17, 15) is 9.59 Å². The standard InChI is InChI=1S/C20H29N3O2/c1-15-3-2-10-22(13-15)14-16-4-6-18(7-5-16)20(25)23-11-8-17(9-12-23)19(21)24/h4-7,15,17H,2-3,8-14H2,1H3,(H2,21,24)/t15-/m1/s1. The van der Waals surface area contributed by atoms with Crippen molar-refractivity contribution in [3.63, 3.8) is 0 Å². The Balaban J connectivity index is 1.55. The molecule has 3 rings (SSSR count). The molecule has 1 aromatic carbocycles. The molecule has 0 radical (unpaired) electrons. The van der Waals surface area contributed by atoms with Gasteiger partial charge in [-0.25, -0.2) is 0 Å². The van der Waals surface area contributed by atoms with Crippen molar-refractivity contribution in [2.75, 3.05) is 26.2 Å². The van der Waals surface area contributed by atoms with E-state index in [1.165, 1.54) is 24.9 Å². The van der Waals surface area contributed by atoms with Crippen molar-refractivity contribution >= 4 is 11.8 Å². The van der Waals surface area contributed by atoms with Crippen molar-refractivity contribution in [1.82, 2.24) is 9.80 Å². The average Bonchev–Trinajstić information content (AvgIpc) is 2.62. The van der Waals surface area contributed by atoms with Crippen molar-refractivity contribution in [3.05, 3.63) is 35.4 Å². The van der Waals surface area contributed by atoms with Gasteiger partial charge in [-0.15, -0.1) is 0 Å².